The van der Waals surface area contributed by atoms with Crippen molar-refractivity contribution < 1.29 is 9.59 Å². The zero-order valence-corrected chi connectivity index (χ0v) is 13.8. The first-order valence-corrected chi connectivity index (χ1v) is 8.12. The van der Waals surface area contributed by atoms with Gasteiger partial charge in [0.2, 0.25) is 0 Å². The average Bonchev–Trinajstić information content (AvgIpc) is 2.64. The molecular weight excluding hydrogens is 304 g/mol. The van der Waals surface area contributed by atoms with E-state index >= 15 is 0 Å². The molecule has 2 N–H and O–H groups in total. The fourth-order valence-corrected chi connectivity index (χ4v) is 2.15. The number of carbonyl (C=O) groups excluding carboxylic acids is 2. The number of amides is 2. The number of carbonyl (C=O) groups is 2. The Hall–Kier alpha value is -2.76. The van der Waals surface area contributed by atoms with Gasteiger partial charge in [-0.2, -0.15) is 0 Å². The van der Waals surface area contributed by atoms with Crippen molar-refractivity contribution >= 4 is 11.8 Å². The van der Waals surface area contributed by atoms with Crippen LogP contribution in [0.2, 0.25) is 0 Å². The molecule has 2 heterocycles. The molecule has 2 amide bonds. The fraction of sp³-hybridized carbons (Fsp3) is 0.333. The fourth-order valence-electron chi connectivity index (χ4n) is 2.15. The highest BCUT2D eigenvalue weighted by Gasteiger charge is 2.11. The molecule has 0 saturated carbocycles. The van der Waals surface area contributed by atoms with Gasteiger partial charge in [0.15, 0.2) is 0 Å². The second kappa shape index (κ2) is 9.39. The molecule has 0 saturated heterocycles. The molecule has 0 aromatic carbocycles. The highest BCUT2D eigenvalue weighted by molar-refractivity contribution is 5.98. The Kier molecular flexibility index (Phi) is 6.89. The third kappa shape index (κ3) is 5.46. The standard InChI is InChI=1S/C18H22N4O2/c1-2-3-4-8-21-18(24)16-12-15(7-11-20-16)17(23)22-13-14-5-9-19-10-6-14/h5-7,9-12H,2-4,8,13H2,1H3,(H,21,24)(H,22,23). The molecule has 126 valence electrons. The molecule has 0 fully saturated rings. The Morgan fingerprint density at radius 2 is 1.79 bits per heavy atom. The van der Waals surface area contributed by atoms with E-state index in [4.69, 9.17) is 0 Å². The molecule has 0 radical (unpaired) electrons. The molecule has 2 aromatic rings. The highest BCUT2D eigenvalue weighted by atomic mass is 16.2. The Bertz CT molecular complexity index is 674. The number of hydrogen-bond donors (Lipinski definition) is 2. The molecule has 0 bridgehead atoms. The van der Waals surface area contributed by atoms with Gasteiger partial charge >= 0.3 is 0 Å². The second-order valence-corrected chi connectivity index (χ2v) is 5.43. The van der Waals surface area contributed by atoms with Gasteiger partial charge in [0, 0.05) is 37.2 Å². The predicted octanol–water partition coefficient (Wildman–Crippen LogP) is 2.33. The van der Waals surface area contributed by atoms with Crippen LogP contribution in [0.15, 0.2) is 42.9 Å². The lowest BCUT2D eigenvalue weighted by Crippen LogP contribution is -2.27. The summed E-state index contributed by atoms with van der Waals surface area (Å²) in [6.45, 7) is 3.13. The van der Waals surface area contributed by atoms with E-state index in [1.165, 1.54) is 12.3 Å². The van der Waals surface area contributed by atoms with Gasteiger partial charge in [0.1, 0.15) is 5.69 Å². The van der Waals surface area contributed by atoms with Crippen LogP contribution < -0.4 is 10.6 Å². The Morgan fingerprint density at radius 1 is 1.00 bits per heavy atom. The molecule has 0 aliphatic rings. The quantitative estimate of drug-likeness (QED) is 0.729. The number of nitrogens with one attached hydrogen (secondary N) is 2. The first kappa shape index (κ1) is 17.6. The summed E-state index contributed by atoms with van der Waals surface area (Å²) in [4.78, 5) is 32.2. The maximum atomic E-state index is 12.2. The lowest BCUT2D eigenvalue weighted by Gasteiger charge is -2.07. The molecule has 6 heteroatoms. The van der Waals surface area contributed by atoms with Crippen LogP contribution in [0.4, 0.5) is 0 Å². The summed E-state index contributed by atoms with van der Waals surface area (Å²) < 4.78 is 0. The second-order valence-electron chi connectivity index (χ2n) is 5.43. The van der Waals surface area contributed by atoms with E-state index < -0.39 is 0 Å². The minimum atomic E-state index is -0.255. The number of rotatable bonds is 8. The number of pyridine rings is 2. The summed E-state index contributed by atoms with van der Waals surface area (Å²) in [6, 6.07) is 6.77. The predicted molar refractivity (Wildman–Crippen MR) is 91.5 cm³/mol. The van der Waals surface area contributed by atoms with Gasteiger partial charge in [-0.05, 0) is 36.2 Å². The van der Waals surface area contributed by atoms with Gasteiger partial charge in [-0.1, -0.05) is 19.8 Å². The van der Waals surface area contributed by atoms with Gasteiger partial charge < -0.3 is 10.6 Å². The molecule has 0 unspecified atom stereocenters. The first-order valence-electron chi connectivity index (χ1n) is 8.12. The van der Waals surface area contributed by atoms with E-state index in [2.05, 4.69) is 27.5 Å². The van der Waals surface area contributed by atoms with Crippen LogP contribution in [0.5, 0.6) is 0 Å². The Morgan fingerprint density at radius 3 is 2.54 bits per heavy atom. The summed E-state index contributed by atoms with van der Waals surface area (Å²) >= 11 is 0. The molecule has 0 atom stereocenters. The minimum absolute atomic E-state index is 0.241. The largest absolute Gasteiger partial charge is 0.351 e. The van der Waals surface area contributed by atoms with E-state index in [0.717, 1.165) is 24.8 Å². The van der Waals surface area contributed by atoms with Crippen molar-refractivity contribution in [2.24, 2.45) is 0 Å². The summed E-state index contributed by atoms with van der Waals surface area (Å²) in [5.41, 5.74) is 1.63. The number of unbranched alkanes of at least 4 members (excludes halogenated alkanes) is 2. The molecule has 0 aliphatic carbocycles. The van der Waals surface area contributed by atoms with E-state index in [9.17, 15) is 9.59 Å². The maximum Gasteiger partial charge on any atom is 0.269 e. The highest BCUT2D eigenvalue weighted by Crippen LogP contribution is 2.04. The molecular formula is C18H22N4O2. The Balaban J connectivity index is 1.91. The van der Waals surface area contributed by atoms with Gasteiger partial charge in [-0.15, -0.1) is 0 Å². The molecule has 0 aliphatic heterocycles. The smallest absolute Gasteiger partial charge is 0.269 e. The van der Waals surface area contributed by atoms with Crippen LogP contribution in [-0.2, 0) is 6.54 Å². The zero-order chi connectivity index (χ0) is 17.2. The molecule has 6 nitrogen and oxygen atoms in total. The summed E-state index contributed by atoms with van der Waals surface area (Å²) in [5.74, 6) is -0.496. The van der Waals surface area contributed by atoms with Crippen molar-refractivity contribution in [2.75, 3.05) is 6.54 Å². The summed E-state index contributed by atoms with van der Waals surface area (Å²) in [6.07, 6.45) is 7.94. The average molecular weight is 326 g/mol. The zero-order valence-electron chi connectivity index (χ0n) is 13.8. The van der Waals surface area contributed by atoms with E-state index in [0.29, 0.717) is 18.7 Å². The van der Waals surface area contributed by atoms with Crippen molar-refractivity contribution in [3.8, 4) is 0 Å². The monoisotopic (exact) mass is 326 g/mol. The molecule has 24 heavy (non-hydrogen) atoms. The van der Waals surface area contributed by atoms with Gasteiger partial charge in [0.25, 0.3) is 11.8 Å². The minimum Gasteiger partial charge on any atom is -0.351 e. The Labute approximate surface area is 141 Å². The van der Waals surface area contributed by atoms with Gasteiger partial charge in [-0.25, -0.2) is 0 Å². The maximum absolute atomic E-state index is 12.2. The van der Waals surface area contributed by atoms with Crippen LogP contribution in [0, 0.1) is 0 Å². The van der Waals surface area contributed by atoms with Gasteiger partial charge in [0.05, 0.1) is 0 Å². The van der Waals surface area contributed by atoms with Gasteiger partial charge in [-0.3, -0.25) is 19.6 Å². The normalized spacial score (nSPS) is 10.2. The van der Waals surface area contributed by atoms with Crippen LogP contribution in [0.3, 0.4) is 0 Å². The van der Waals surface area contributed by atoms with Crippen molar-refractivity contribution in [1.29, 1.82) is 0 Å². The van der Waals surface area contributed by atoms with E-state index in [1.54, 1.807) is 18.5 Å². The summed E-state index contributed by atoms with van der Waals surface area (Å²) in [7, 11) is 0. The van der Waals surface area contributed by atoms with Crippen molar-refractivity contribution in [3.05, 3.63) is 59.7 Å². The summed E-state index contributed by atoms with van der Waals surface area (Å²) in [5, 5.41) is 5.63. The molecule has 2 rings (SSSR count). The van der Waals surface area contributed by atoms with Crippen LogP contribution in [0.25, 0.3) is 0 Å². The first-order chi connectivity index (χ1) is 11.7. The third-order valence-electron chi connectivity index (χ3n) is 3.52. The van der Waals surface area contributed by atoms with Crippen molar-refractivity contribution in [3.63, 3.8) is 0 Å². The van der Waals surface area contributed by atoms with Crippen LogP contribution in [-0.4, -0.2) is 28.3 Å². The van der Waals surface area contributed by atoms with Crippen LogP contribution >= 0.6 is 0 Å². The van der Waals surface area contributed by atoms with Crippen LogP contribution in [0.1, 0.15) is 52.6 Å². The number of aromatic nitrogens is 2. The third-order valence-corrected chi connectivity index (χ3v) is 3.52. The van der Waals surface area contributed by atoms with Crippen molar-refractivity contribution in [2.45, 2.75) is 32.7 Å². The lowest BCUT2D eigenvalue weighted by molar-refractivity contribution is 0.0948. The van der Waals surface area contributed by atoms with E-state index in [-0.39, 0.29) is 17.5 Å². The van der Waals surface area contributed by atoms with E-state index in [1.807, 2.05) is 12.1 Å². The lowest BCUT2D eigenvalue weighted by atomic mass is 10.2. The van der Waals surface area contributed by atoms with Crippen molar-refractivity contribution in [1.82, 2.24) is 20.6 Å². The number of nitrogens with zero attached hydrogens (tertiary/aromatic N) is 2. The molecule has 2 aromatic heterocycles. The topological polar surface area (TPSA) is 84.0 Å². The SMILES string of the molecule is CCCCCNC(=O)c1cc(C(=O)NCc2ccncc2)ccn1. The molecule has 0 spiro atoms. The number of hydrogen-bond acceptors (Lipinski definition) is 4.